The van der Waals surface area contributed by atoms with Crippen LogP contribution in [0.3, 0.4) is 0 Å². The molecule has 0 saturated carbocycles. The quantitative estimate of drug-likeness (QED) is 0.379. The number of nitrogens with zero attached hydrogens (tertiary/aromatic N) is 4. The lowest BCUT2D eigenvalue weighted by Gasteiger charge is -2.34. The Balaban J connectivity index is 1.62. The lowest BCUT2D eigenvalue weighted by molar-refractivity contribution is -0.0440. The van der Waals surface area contributed by atoms with Crippen LogP contribution in [0.15, 0.2) is 41.3 Å². The summed E-state index contributed by atoms with van der Waals surface area (Å²) in [5.41, 5.74) is 3.66. The summed E-state index contributed by atoms with van der Waals surface area (Å²) in [7, 11) is -3.69. The maximum absolute atomic E-state index is 13.8. The zero-order valence-corrected chi connectivity index (χ0v) is 24.7. The maximum atomic E-state index is 13.8. The summed E-state index contributed by atoms with van der Waals surface area (Å²) >= 11 is 1.51. The molecule has 10 heteroatoms. The topological polar surface area (TPSA) is 83.1 Å². The normalized spacial score (nSPS) is 18.8. The fourth-order valence-electron chi connectivity index (χ4n) is 4.75. The summed E-state index contributed by atoms with van der Waals surface area (Å²) in [6.45, 7) is 15.7. The van der Waals surface area contributed by atoms with Crippen LogP contribution < -0.4 is 4.90 Å². The number of carbonyl (C=O) groups excluding carboxylic acids is 1. The molecule has 1 aromatic heterocycles. The number of aromatic nitrogens is 1. The van der Waals surface area contributed by atoms with E-state index in [1.165, 1.54) is 33.3 Å². The number of rotatable bonds is 9. The van der Waals surface area contributed by atoms with Gasteiger partial charge in [0.05, 0.1) is 27.3 Å². The van der Waals surface area contributed by atoms with E-state index in [1.54, 1.807) is 17.0 Å². The van der Waals surface area contributed by atoms with E-state index in [9.17, 15) is 13.2 Å². The molecule has 0 bridgehead atoms. The van der Waals surface area contributed by atoms with Gasteiger partial charge in [0, 0.05) is 31.7 Å². The molecule has 0 spiro atoms. The Hall–Kier alpha value is -2.37. The van der Waals surface area contributed by atoms with Gasteiger partial charge in [-0.3, -0.25) is 9.69 Å². The molecular weight excluding hydrogens is 520 g/mol. The smallest absolute Gasteiger partial charge is 0.260 e. The standard InChI is InChI=1S/C28H38N4O4S2/c1-7-30(8-2)13-14-32(28-29-25-15-19(3)20(4)16-26(25)37-28)27(33)23-9-11-24(12-10-23)38(34,35)31-17-21(5)36-22(6)18-31/h9-12,15-16,21-22H,7-8,13-14,17-18H2,1-6H3. The zero-order valence-electron chi connectivity index (χ0n) is 23.1. The highest BCUT2D eigenvalue weighted by molar-refractivity contribution is 7.89. The predicted molar refractivity (Wildman–Crippen MR) is 154 cm³/mol. The van der Waals surface area contributed by atoms with Crippen molar-refractivity contribution in [3.8, 4) is 0 Å². The number of amides is 1. The lowest BCUT2D eigenvalue weighted by atomic mass is 10.1. The largest absolute Gasteiger partial charge is 0.373 e. The van der Waals surface area contributed by atoms with Gasteiger partial charge in [-0.25, -0.2) is 13.4 Å². The number of aryl methyl sites for hydroxylation is 2. The van der Waals surface area contributed by atoms with Crippen LogP contribution in [0.5, 0.6) is 0 Å². The number of fused-ring (bicyclic) bond motifs is 1. The summed E-state index contributed by atoms with van der Waals surface area (Å²) in [6, 6.07) is 10.4. The van der Waals surface area contributed by atoms with Crippen LogP contribution in [0, 0.1) is 13.8 Å². The van der Waals surface area contributed by atoms with Crippen LogP contribution in [0.1, 0.15) is 49.2 Å². The molecule has 3 aromatic rings. The monoisotopic (exact) mass is 558 g/mol. The first-order valence-electron chi connectivity index (χ1n) is 13.2. The van der Waals surface area contributed by atoms with Gasteiger partial charge in [0.1, 0.15) is 0 Å². The van der Waals surface area contributed by atoms with E-state index in [2.05, 4.69) is 44.7 Å². The second kappa shape index (κ2) is 11.8. The minimum atomic E-state index is -3.69. The molecule has 1 fully saturated rings. The Morgan fingerprint density at radius 1 is 1.03 bits per heavy atom. The third-order valence-electron chi connectivity index (χ3n) is 7.13. The highest BCUT2D eigenvalue weighted by atomic mass is 32.2. The Morgan fingerprint density at radius 2 is 1.63 bits per heavy atom. The molecule has 2 heterocycles. The van der Waals surface area contributed by atoms with E-state index < -0.39 is 10.0 Å². The minimum Gasteiger partial charge on any atom is -0.373 e. The van der Waals surface area contributed by atoms with Crippen molar-refractivity contribution < 1.29 is 17.9 Å². The molecule has 1 amide bonds. The maximum Gasteiger partial charge on any atom is 0.260 e. The van der Waals surface area contributed by atoms with Crippen molar-refractivity contribution in [3.05, 3.63) is 53.1 Å². The van der Waals surface area contributed by atoms with Crippen molar-refractivity contribution in [2.75, 3.05) is 44.2 Å². The highest BCUT2D eigenvalue weighted by Crippen LogP contribution is 2.32. The number of anilines is 1. The number of sulfonamides is 1. The molecule has 0 aliphatic carbocycles. The first-order chi connectivity index (χ1) is 18.0. The Labute approximate surface area is 230 Å². The Kier molecular flexibility index (Phi) is 8.89. The van der Waals surface area contributed by atoms with Crippen molar-refractivity contribution in [2.24, 2.45) is 0 Å². The van der Waals surface area contributed by atoms with Gasteiger partial charge in [-0.1, -0.05) is 25.2 Å². The first kappa shape index (κ1) is 28.6. The number of benzene rings is 2. The van der Waals surface area contributed by atoms with Gasteiger partial charge in [-0.05, 0) is 88.3 Å². The second-order valence-electron chi connectivity index (χ2n) is 9.99. The molecule has 38 heavy (non-hydrogen) atoms. The van der Waals surface area contributed by atoms with Crippen LogP contribution in [-0.4, -0.2) is 80.0 Å². The third-order valence-corrected chi connectivity index (χ3v) is 10.0. The van der Waals surface area contributed by atoms with Crippen molar-refractivity contribution in [1.82, 2.24) is 14.2 Å². The number of hydrogen-bond acceptors (Lipinski definition) is 7. The van der Waals surface area contributed by atoms with E-state index >= 15 is 0 Å². The Bertz CT molecular complexity index is 1330. The summed E-state index contributed by atoms with van der Waals surface area (Å²) in [6.07, 6.45) is -0.342. The van der Waals surface area contributed by atoms with Crippen molar-refractivity contribution in [3.63, 3.8) is 0 Å². The van der Waals surface area contributed by atoms with E-state index in [-0.39, 0.29) is 23.0 Å². The second-order valence-corrected chi connectivity index (χ2v) is 12.9. The molecule has 1 aliphatic rings. The van der Waals surface area contributed by atoms with Crippen molar-refractivity contribution >= 4 is 42.6 Å². The van der Waals surface area contributed by atoms with Gasteiger partial charge >= 0.3 is 0 Å². The van der Waals surface area contributed by atoms with Crippen LogP contribution in [0.2, 0.25) is 0 Å². The van der Waals surface area contributed by atoms with Crippen LogP contribution >= 0.6 is 11.3 Å². The molecule has 2 unspecified atom stereocenters. The van der Waals surface area contributed by atoms with Gasteiger partial charge in [0.2, 0.25) is 10.0 Å². The van der Waals surface area contributed by atoms with Gasteiger partial charge in [0.25, 0.3) is 5.91 Å². The molecule has 0 radical (unpaired) electrons. The molecule has 4 rings (SSSR count). The SMILES string of the molecule is CCN(CC)CCN(C(=O)c1ccc(S(=O)(=O)N2CC(C)OC(C)C2)cc1)c1nc2cc(C)c(C)cc2s1. The number of likely N-dealkylation sites (N-methyl/N-ethyl adjacent to an activating group) is 1. The van der Waals surface area contributed by atoms with E-state index in [0.717, 1.165) is 28.9 Å². The Morgan fingerprint density at radius 3 is 2.24 bits per heavy atom. The molecule has 8 nitrogen and oxygen atoms in total. The number of ether oxygens (including phenoxy) is 1. The molecule has 1 saturated heterocycles. The van der Waals surface area contributed by atoms with Gasteiger partial charge < -0.3 is 9.64 Å². The third kappa shape index (κ3) is 6.10. The fraction of sp³-hybridized carbons (Fsp3) is 0.500. The lowest BCUT2D eigenvalue weighted by Crippen LogP contribution is -2.48. The van der Waals surface area contributed by atoms with Crippen molar-refractivity contribution in [2.45, 2.75) is 58.6 Å². The molecule has 2 aromatic carbocycles. The van der Waals surface area contributed by atoms with Crippen molar-refractivity contribution in [1.29, 1.82) is 0 Å². The predicted octanol–water partition coefficient (Wildman–Crippen LogP) is 4.70. The average Bonchev–Trinajstić information content (AvgIpc) is 3.28. The fourth-order valence-corrected chi connectivity index (χ4v) is 7.41. The number of morpholine rings is 1. The average molecular weight is 559 g/mol. The zero-order chi connectivity index (χ0) is 27.6. The summed E-state index contributed by atoms with van der Waals surface area (Å²) in [5.74, 6) is -0.192. The first-order valence-corrected chi connectivity index (χ1v) is 15.5. The summed E-state index contributed by atoms with van der Waals surface area (Å²) in [4.78, 5) is 22.8. The molecule has 206 valence electrons. The van der Waals surface area contributed by atoms with Crippen LogP contribution in [0.25, 0.3) is 10.2 Å². The number of carbonyl (C=O) groups is 1. The van der Waals surface area contributed by atoms with Gasteiger partial charge in [0.15, 0.2) is 5.13 Å². The molecular formula is C28H38N4O4S2. The molecule has 0 N–H and O–H groups in total. The van der Waals surface area contributed by atoms with E-state index in [0.29, 0.717) is 36.9 Å². The van der Waals surface area contributed by atoms with E-state index in [1.807, 2.05) is 13.8 Å². The van der Waals surface area contributed by atoms with Crippen LogP contribution in [-0.2, 0) is 14.8 Å². The number of hydrogen-bond donors (Lipinski definition) is 0. The minimum absolute atomic E-state index is 0.171. The summed E-state index contributed by atoms with van der Waals surface area (Å²) in [5, 5.41) is 0.648. The summed E-state index contributed by atoms with van der Waals surface area (Å²) < 4.78 is 34.7. The van der Waals surface area contributed by atoms with Gasteiger partial charge in [-0.2, -0.15) is 4.31 Å². The number of thiazole rings is 1. The van der Waals surface area contributed by atoms with E-state index in [4.69, 9.17) is 9.72 Å². The highest BCUT2D eigenvalue weighted by Gasteiger charge is 2.32. The van der Waals surface area contributed by atoms with Gasteiger partial charge in [-0.15, -0.1) is 0 Å². The molecule has 1 aliphatic heterocycles. The van der Waals surface area contributed by atoms with Crippen LogP contribution in [0.4, 0.5) is 5.13 Å². The molecule has 2 atom stereocenters.